The summed E-state index contributed by atoms with van der Waals surface area (Å²) >= 11 is 0. The van der Waals surface area contributed by atoms with Crippen LogP contribution in [0.2, 0.25) is 0 Å². The second kappa shape index (κ2) is 8.63. The second-order valence-corrected chi connectivity index (χ2v) is 4.10. The fourth-order valence-corrected chi connectivity index (χ4v) is 1.19. The van der Waals surface area contributed by atoms with Crippen molar-refractivity contribution in [3.63, 3.8) is 0 Å². The molecular formula is C16H25N. The maximum absolute atomic E-state index is 3.97. The Kier molecular flexibility index (Phi) is 7.87. The Bertz CT molecular complexity index is 431. The van der Waals surface area contributed by atoms with Gasteiger partial charge in [0.2, 0.25) is 0 Å². The lowest BCUT2D eigenvalue weighted by Crippen LogP contribution is -2.22. The molecular weight excluding hydrogens is 206 g/mol. The van der Waals surface area contributed by atoms with Crippen molar-refractivity contribution in [2.45, 2.75) is 33.6 Å². The maximum Gasteiger partial charge on any atom is 0.0340 e. The summed E-state index contributed by atoms with van der Waals surface area (Å²) < 4.78 is 0. The highest BCUT2D eigenvalue weighted by atomic mass is 14.9. The first-order valence-corrected chi connectivity index (χ1v) is 6.27. The van der Waals surface area contributed by atoms with Gasteiger partial charge in [0, 0.05) is 12.2 Å². The lowest BCUT2D eigenvalue weighted by Gasteiger charge is -2.08. The van der Waals surface area contributed by atoms with Crippen LogP contribution in [0.5, 0.6) is 0 Å². The van der Waals surface area contributed by atoms with E-state index in [4.69, 9.17) is 0 Å². The Morgan fingerprint density at radius 1 is 1.12 bits per heavy atom. The van der Waals surface area contributed by atoms with Gasteiger partial charge in [0.15, 0.2) is 0 Å². The van der Waals surface area contributed by atoms with E-state index < -0.39 is 0 Å². The van der Waals surface area contributed by atoms with Crippen molar-refractivity contribution in [3.05, 3.63) is 40.8 Å². The quantitative estimate of drug-likeness (QED) is 0.840. The van der Waals surface area contributed by atoms with Gasteiger partial charge in [0.1, 0.15) is 0 Å². The van der Waals surface area contributed by atoms with Crippen LogP contribution in [0, 0.1) is 0 Å². The summed E-state index contributed by atoms with van der Waals surface area (Å²) in [4.78, 5) is 0. The molecule has 0 fully saturated rings. The number of hydrogen-bond acceptors (Lipinski definition) is 1. The lowest BCUT2D eigenvalue weighted by atomic mass is 10.1. The van der Waals surface area contributed by atoms with Crippen LogP contribution in [0.25, 0.3) is 18.9 Å². The van der Waals surface area contributed by atoms with Crippen molar-refractivity contribution in [1.29, 1.82) is 0 Å². The third-order valence-corrected chi connectivity index (χ3v) is 2.14. The van der Waals surface area contributed by atoms with Crippen molar-refractivity contribution in [3.8, 4) is 0 Å². The molecule has 1 N–H and O–H groups in total. The van der Waals surface area contributed by atoms with Crippen LogP contribution in [0.15, 0.2) is 24.8 Å². The predicted molar refractivity (Wildman–Crippen MR) is 80.0 cm³/mol. The number of rotatable bonds is 4. The van der Waals surface area contributed by atoms with E-state index in [0.717, 1.165) is 34.7 Å². The monoisotopic (exact) mass is 231 g/mol. The van der Waals surface area contributed by atoms with E-state index in [1.54, 1.807) is 0 Å². The smallest absolute Gasteiger partial charge is 0.0340 e. The molecule has 0 aliphatic rings. The molecule has 1 aromatic rings. The summed E-state index contributed by atoms with van der Waals surface area (Å²) in [5.41, 5.74) is 2.05. The standard InChI is InChI=1S/C13H17N.C3H8/c1-5-8-14-12(4)13-7-6-10(2)11(3)9-13;1-3-2/h6-7,9,14H,2-5,8H2,1H3;3H2,1-2H3. The van der Waals surface area contributed by atoms with Crippen molar-refractivity contribution < 1.29 is 0 Å². The Hall–Kier alpha value is -1.50. The van der Waals surface area contributed by atoms with E-state index in [-0.39, 0.29) is 0 Å². The van der Waals surface area contributed by atoms with E-state index >= 15 is 0 Å². The van der Waals surface area contributed by atoms with Crippen LogP contribution in [0.4, 0.5) is 0 Å². The molecule has 1 aromatic carbocycles. The molecule has 1 heteroatoms. The molecule has 17 heavy (non-hydrogen) atoms. The Morgan fingerprint density at radius 2 is 1.71 bits per heavy atom. The molecule has 0 saturated carbocycles. The van der Waals surface area contributed by atoms with E-state index in [0.29, 0.717) is 0 Å². The molecule has 0 spiro atoms. The fraction of sp³-hybridized carbons (Fsp3) is 0.375. The lowest BCUT2D eigenvalue weighted by molar-refractivity contribution is 0.824. The maximum atomic E-state index is 3.97. The summed E-state index contributed by atoms with van der Waals surface area (Å²) in [5.74, 6) is 0. The van der Waals surface area contributed by atoms with Crippen LogP contribution in [0.1, 0.15) is 39.2 Å². The first-order valence-electron chi connectivity index (χ1n) is 6.27. The average Bonchev–Trinajstić information content (AvgIpc) is 2.30. The minimum absolute atomic E-state index is 0.955. The Balaban J connectivity index is 0.000000770. The largest absolute Gasteiger partial charge is 0.385 e. The van der Waals surface area contributed by atoms with Crippen LogP contribution < -0.4 is 15.8 Å². The van der Waals surface area contributed by atoms with Gasteiger partial charge in [-0.3, -0.25) is 0 Å². The Labute approximate surface area is 106 Å². The summed E-state index contributed by atoms with van der Waals surface area (Å²) in [5, 5.41) is 5.18. The molecule has 0 bridgehead atoms. The SMILES string of the molecule is C=C(NCCC)c1ccc(=C)c(=C)c1.CCC. The van der Waals surface area contributed by atoms with Gasteiger partial charge in [-0.25, -0.2) is 0 Å². The molecule has 1 nitrogen and oxygen atoms in total. The number of hydrogen-bond donors (Lipinski definition) is 1. The van der Waals surface area contributed by atoms with Crippen LogP contribution in [-0.2, 0) is 0 Å². The zero-order valence-electron chi connectivity index (χ0n) is 11.5. The highest BCUT2D eigenvalue weighted by Gasteiger charge is 1.96. The average molecular weight is 231 g/mol. The van der Waals surface area contributed by atoms with Crippen LogP contribution >= 0.6 is 0 Å². The van der Waals surface area contributed by atoms with Gasteiger partial charge in [-0.15, -0.1) is 0 Å². The molecule has 0 unspecified atom stereocenters. The van der Waals surface area contributed by atoms with E-state index in [2.05, 4.69) is 45.8 Å². The van der Waals surface area contributed by atoms with Gasteiger partial charge in [0.05, 0.1) is 0 Å². The minimum Gasteiger partial charge on any atom is -0.385 e. The number of benzene rings is 1. The molecule has 0 heterocycles. The predicted octanol–water partition coefficient (Wildman–Crippen LogP) is 2.89. The summed E-state index contributed by atoms with van der Waals surface area (Å²) in [6.45, 7) is 19.1. The minimum atomic E-state index is 0.955. The molecule has 0 aliphatic heterocycles. The topological polar surface area (TPSA) is 12.0 Å². The van der Waals surface area contributed by atoms with E-state index in [1.807, 2.05) is 18.2 Å². The highest BCUT2D eigenvalue weighted by molar-refractivity contribution is 5.61. The normalized spacial score (nSPS) is 9.12. The van der Waals surface area contributed by atoms with Crippen LogP contribution in [0.3, 0.4) is 0 Å². The number of nitrogens with one attached hydrogen (secondary N) is 1. The summed E-state index contributed by atoms with van der Waals surface area (Å²) in [6, 6.07) is 5.99. The summed E-state index contributed by atoms with van der Waals surface area (Å²) in [7, 11) is 0. The van der Waals surface area contributed by atoms with Gasteiger partial charge in [-0.1, -0.05) is 59.1 Å². The second-order valence-electron chi connectivity index (χ2n) is 4.10. The molecule has 0 saturated heterocycles. The van der Waals surface area contributed by atoms with Crippen molar-refractivity contribution >= 4 is 18.9 Å². The summed E-state index contributed by atoms with van der Waals surface area (Å²) in [6.07, 6.45) is 2.35. The Morgan fingerprint density at radius 3 is 2.18 bits per heavy atom. The van der Waals surface area contributed by atoms with Gasteiger partial charge >= 0.3 is 0 Å². The molecule has 94 valence electrons. The highest BCUT2D eigenvalue weighted by Crippen LogP contribution is 2.04. The zero-order chi connectivity index (χ0) is 13.3. The van der Waals surface area contributed by atoms with Gasteiger partial charge in [-0.2, -0.15) is 0 Å². The molecule has 0 aromatic heterocycles. The van der Waals surface area contributed by atoms with Crippen molar-refractivity contribution in [2.24, 2.45) is 0 Å². The van der Waals surface area contributed by atoms with Crippen molar-refractivity contribution in [2.75, 3.05) is 6.54 Å². The van der Waals surface area contributed by atoms with Crippen molar-refractivity contribution in [1.82, 2.24) is 5.32 Å². The third kappa shape index (κ3) is 5.96. The zero-order valence-corrected chi connectivity index (χ0v) is 11.5. The molecule has 0 amide bonds. The molecule has 1 rings (SSSR count). The first-order chi connectivity index (χ1) is 8.06. The van der Waals surface area contributed by atoms with E-state index in [9.17, 15) is 0 Å². The van der Waals surface area contributed by atoms with E-state index in [1.165, 1.54) is 6.42 Å². The first kappa shape index (κ1) is 15.5. The molecule has 0 aliphatic carbocycles. The molecule has 0 atom stereocenters. The fourth-order valence-electron chi connectivity index (χ4n) is 1.19. The third-order valence-electron chi connectivity index (χ3n) is 2.14. The molecule has 0 radical (unpaired) electrons. The van der Waals surface area contributed by atoms with Crippen LogP contribution in [-0.4, -0.2) is 6.54 Å². The van der Waals surface area contributed by atoms with Gasteiger partial charge < -0.3 is 5.32 Å². The van der Waals surface area contributed by atoms with Gasteiger partial charge in [0.25, 0.3) is 0 Å². The van der Waals surface area contributed by atoms with Gasteiger partial charge in [-0.05, 0) is 28.5 Å².